The van der Waals surface area contributed by atoms with Gasteiger partial charge in [-0.25, -0.2) is 9.59 Å². The van der Waals surface area contributed by atoms with E-state index in [1.54, 1.807) is 0 Å². The van der Waals surface area contributed by atoms with Crippen molar-refractivity contribution in [2.45, 2.75) is 12.4 Å². The minimum atomic E-state index is -5.08. The standard InChI is InChI=1S/2C2HF3O2.CH5N/c2*3-2(4,5)1(6)7;1-2/h2*(H,6,7);2H2,1H3. The van der Waals surface area contributed by atoms with Crippen LogP contribution < -0.4 is 5.73 Å². The maximum absolute atomic E-state index is 10.6. The van der Waals surface area contributed by atoms with Crippen molar-refractivity contribution in [2.75, 3.05) is 7.05 Å². The lowest BCUT2D eigenvalue weighted by Crippen LogP contribution is -2.21. The van der Waals surface area contributed by atoms with Crippen molar-refractivity contribution in [3.05, 3.63) is 0 Å². The summed E-state index contributed by atoms with van der Waals surface area (Å²) < 4.78 is 63.5. The first kappa shape index (κ1) is 20.0. The predicted octanol–water partition coefficient (Wildman–Crippen LogP) is 0.842. The van der Waals surface area contributed by atoms with Gasteiger partial charge in [0.2, 0.25) is 0 Å². The molecule has 0 aromatic heterocycles. The first-order valence-electron chi connectivity index (χ1n) is 3.07. The zero-order chi connectivity index (χ0) is 14.2. The molecular formula is C5H7F6NO4. The molecular weight excluding hydrogens is 252 g/mol. The fourth-order valence-corrected chi connectivity index (χ4v) is 0. The lowest BCUT2D eigenvalue weighted by Gasteiger charge is -1.93. The summed E-state index contributed by atoms with van der Waals surface area (Å²) in [6.45, 7) is 0. The summed E-state index contributed by atoms with van der Waals surface area (Å²) in [5.74, 6) is -5.51. The van der Waals surface area contributed by atoms with Crippen molar-refractivity contribution in [2.24, 2.45) is 5.73 Å². The molecule has 0 saturated heterocycles. The molecule has 16 heavy (non-hydrogen) atoms. The van der Waals surface area contributed by atoms with Crippen molar-refractivity contribution in [3.63, 3.8) is 0 Å². The molecule has 0 unspecified atom stereocenters. The minimum Gasteiger partial charge on any atom is -0.475 e. The predicted molar refractivity (Wildman–Crippen MR) is 37.5 cm³/mol. The Morgan fingerprint density at radius 1 is 0.812 bits per heavy atom. The van der Waals surface area contributed by atoms with Gasteiger partial charge in [0.15, 0.2) is 0 Å². The van der Waals surface area contributed by atoms with Gasteiger partial charge >= 0.3 is 24.3 Å². The molecule has 0 heterocycles. The molecule has 4 N–H and O–H groups in total. The fraction of sp³-hybridized carbons (Fsp3) is 0.600. The van der Waals surface area contributed by atoms with E-state index in [0.717, 1.165) is 0 Å². The highest BCUT2D eigenvalue weighted by Gasteiger charge is 2.38. The maximum Gasteiger partial charge on any atom is 0.490 e. The summed E-state index contributed by atoms with van der Waals surface area (Å²) in [5.41, 5.74) is 4.50. The van der Waals surface area contributed by atoms with Crippen molar-refractivity contribution in [3.8, 4) is 0 Å². The van der Waals surface area contributed by atoms with E-state index in [0.29, 0.717) is 0 Å². The first-order valence-corrected chi connectivity index (χ1v) is 3.07. The van der Waals surface area contributed by atoms with Gasteiger partial charge in [0, 0.05) is 0 Å². The normalized spacial score (nSPS) is 10.2. The van der Waals surface area contributed by atoms with E-state index in [1.165, 1.54) is 7.05 Å². The lowest BCUT2D eigenvalue weighted by atomic mass is 10.7. The van der Waals surface area contributed by atoms with Gasteiger partial charge in [-0.15, -0.1) is 0 Å². The third-order valence-electron chi connectivity index (χ3n) is 0.485. The molecule has 0 atom stereocenters. The van der Waals surface area contributed by atoms with Crippen LogP contribution in [0.15, 0.2) is 0 Å². The minimum absolute atomic E-state index is 1.50. The highest BCUT2D eigenvalue weighted by molar-refractivity contribution is 5.73. The molecule has 0 aliphatic rings. The third-order valence-corrected chi connectivity index (χ3v) is 0.485. The summed E-state index contributed by atoms with van der Waals surface area (Å²) >= 11 is 0. The number of alkyl halides is 6. The Morgan fingerprint density at radius 3 is 0.875 bits per heavy atom. The van der Waals surface area contributed by atoms with Crippen LogP contribution in [0, 0.1) is 0 Å². The van der Waals surface area contributed by atoms with Crippen LogP contribution in [0.25, 0.3) is 0 Å². The van der Waals surface area contributed by atoms with Gasteiger partial charge in [-0.3, -0.25) is 0 Å². The smallest absolute Gasteiger partial charge is 0.475 e. The molecule has 0 aliphatic heterocycles. The van der Waals surface area contributed by atoms with Gasteiger partial charge in [0.1, 0.15) is 0 Å². The Balaban J connectivity index is -0.000000183. The van der Waals surface area contributed by atoms with E-state index in [2.05, 4.69) is 5.73 Å². The van der Waals surface area contributed by atoms with Crippen LogP contribution >= 0.6 is 0 Å². The average molecular weight is 259 g/mol. The van der Waals surface area contributed by atoms with E-state index in [-0.39, 0.29) is 0 Å². The van der Waals surface area contributed by atoms with Crippen molar-refractivity contribution < 1.29 is 46.1 Å². The van der Waals surface area contributed by atoms with Gasteiger partial charge in [-0.2, -0.15) is 26.3 Å². The summed E-state index contributed by atoms with van der Waals surface area (Å²) in [7, 11) is 1.50. The SMILES string of the molecule is CN.O=C(O)C(F)(F)F.O=C(O)C(F)(F)F. The van der Waals surface area contributed by atoms with Gasteiger partial charge in [0.05, 0.1) is 0 Å². The monoisotopic (exact) mass is 259 g/mol. The number of hydrogen-bond acceptors (Lipinski definition) is 3. The molecule has 11 heteroatoms. The Morgan fingerprint density at radius 2 is 0.875 bits per heavy atom. The molecule has 0 bridgehead atoms. The van der Waals surface area contributed by atoms with Crippen LogP contribution in [-0.2, 0) is 9.59 Å². The van der Waals surface area contributed by atoms with Crippen LogP contribution in [0.3, 0.4) is 0 Å². The summed E-state index contributed by atoms with van der Waals surface area (Å²) in [5, 5.41) is 14.2. The lowest BCUT2D eigenvalue weighted by molar-refractivity contribution is -0.193. The van der Waals surface area contributed by atoms with E-state index in [1.807, 2.05) is 0 Å². The molecule has 0 radical (unpaired) electrons. The number of nitrogens with two attached hydrogens (primary N) is 1. The van der Waals surface area contributed by atoms with Crippen LogP contribution in [0.1, 0.15) is 0 Å². The number of carbonyl (C=O) groups is 2. The van der Waals surface area contributed by atoms with E-state index in [9.17, 15) is 26.3 Å². The topological polar surface area (TPSA) is 101 Å². The molecule has 0 rings (SSSR count). The summed E-state index contributed by atoms with van der Waals surface area (Å²) in [6, 6.07) is 0. The number of halogens is 6. The van der Waals surface area contributed by atoms with Crippen LogP contribution in [0.2, 0.25) is 0 Å². The van der Waals surface area contributed by atoms with Gasteiger partial charge in [0.25, 0.3) is 0 Å². The molecule has 0 amide bonds. The Labute approximate surface area is 84.5 Å². The number of rotatable bonds is 0. The molecule has 0 saturated carbocycles. The molecule has 0 aliphatic carbocycles. The maximum atomic E-state index is 10.6. The van der Waals surface area contributed by atoms with Gasteiger partial charge < -0.3 is 15.9 Å². The van der Waals surface area contributed by atoms with Crippen LogP contribution in [-0.4, -0.2) is 41.6 Å². The van der Waals surface area contributed by atoms with E-state index in [4.69, 9.17) is 19.8 Å². The molecule has 0 spiro atoms. The zero-order valence-electron chi connectivity index (χ0n) is 7.56. The van der Waals surface area contributed by atoms with Gasteiger partial charge in [-0.05, 0) is 7.05 Å². The molecule has 5 nitrogen and oxygen atoms in total. The van der Waals surface area contributed by atoms with E-state index >= 15 is 0 Å². The number of aliphatic carboxylic acids is 2. The summed E-state index contributed by atoms with van der Waals surface area (Å²) in [4.78, 5) is 17.8. The van der Waals surface area contributed by atoms with Crippen LogP contribution in [0.5, 0.6) is 0 Å². The molecule has 0 aromatic carbocycles. The Kier molecular flexibility index (Phi) is 9.65. The second kappa shape index (κ2) is 7.73. The zero-order valence-corrected chi connectivity index (χ0v) is 7.56. The second-order valence-corrected chi connectivity index (χ2v) is 1.61. The highest BCUT2D eigenvalue weighted by Crippen LogP contribution is 2.13. The van der Waals surface area contributed by atoms with Gasteiger partial charge in [-0.1, -0.05) is 0 Å². The fourth-order valence-electron chi connectivity index (χ4n) is 0. The molecule has 0 fully saturated rings. The first-order chi connectivity index (χ1) is 6.89. The van der Waals surface area contributed by atoms with E-state index < -0.39 is 24.3 Å². The Bertz CT molecular complexity index is 198. The quantitative estimate of drug-likeness (QED) is 0.559. The molecule has 0 aromatic rings. The van der Waals surface area contributed by atoms with Crippen molar-refractivity contribution >= 4 is 11.9 Å². The van der Waals surface area contributed by atoms with Crippen molar-refractivity contribution in [1.29, 1.82) is 0 Å². The second-order valence-electron chi connectivity index (χ2n) is 1.61. The Hall–Kier alpha value is -1.52. The molecule has 98 valence electrons. The number of carboxylic acids is 2. The third kappa shape index (κ3) is 15.0. The number of hydrogen-bond donors (Lipinski definition) is 3. The van der Waals surface area contributed by atoms with Crippen molar-refractivity contribution in [1.82, 2.24) is 0 Å². The average Bonchev–Trinajstić information content (AvgIpc) is 2.05. The summed E-state index contributed by atoms with van der Waals surface area (Å²) in [6.07, 6.45) is -10.2. The largest absolute Gasteiger partial charge is 0.490 e. The highest BCUT2D eigenvalue weighted by atomic mass is 19.4. The van der Waals surface area contributed by atoms with Crippen LogP contribution in [0.4, 0.5) is 26.3 Å². The number of carboxylic acid groups (broad SMARTS) is 2.